The van der Waals surface area contributed by atoms with Crippen molar-refractivity contribution < 1.29 is 14.6 Å². The standard InChI is InChI=1S/C23H23N2O4P/c1-11-4-3-5-13-12(2)19(30)9-17(20(11)13)24-16-6-7-25-18(16)8-14-15(22(25)27)10-29-23(28)21(14)26/h8-9,21,26H,1,3-7,10,30H2,2H3/b24-16+. The number of aromatic nitrogens is 1. The molecule has 2 atom stereocenters. The summed E-state index contributed by atoms with van der Waals surface area (Å²) in [7, 11) is 2.79. The van der Waals surface area contributed by atoms with Gasteiger partial charge in [0, 0.05) is 24.1 Å². The molecule has 2 aliphatic heterocycles. The summed E-state index contributed by atoms with van der Waals surface area (Å²) in [5.41, 5.74) is 7.57. The van der Waals surface area contributed by atoms with E-state index < -0.39 is 12.1 Å². The molecule has 3 heterocycles. The van der Waals surface area contributed by atoms with Crippen molar-refractivity contribution in [3.8, 4) is 0 Å². The third-order valence-electron chi connectivity index (χ3n) is 6.43. The van der Waals surface area contributed by atoms with Crippen LogP contribution in [0.15, 0.2) is 28.5 Å². The monoisotopic (exact) mass is 422 g/mol. The van der Waals surface area contributed by atoms with E-state index in [1.165, 1.54) is 11.1 Å². The second kappa shape index (κ2) is 7.00. The number of aliphatic hydroxyl groups excluding tert-OH is 1. The van der Waals surface area contributed by atoms with Gasteiger partial charge in [0.1, 0.15) is 6.61 Å². The number of cyclic esters (lactones) is 1. The lowest BCUT2D eigenvalue weighted by atomic mass is 9.84. The second-order valence-corrected chi connectivity index (χ2v) is 8.78. The maximum atomic E-state index is 12.9. The number of aliphatic imine (C=N–C) groups is 1. The molecule has 3 aliphatic rings. The average Bonchev–Trinajstić information content (AvgIpc) is 3.12. The van der Waals surface area contributed by atoms with Gasteiger partial charge in [0.25, 0.3) is 5.56 Å². The molecule has 0 bridgehead atoms. The van der Waals surface area contributed by atoms with Crippen molar-refractivity contribution in [2.45, 2.75) is 51.9 Å². The maximum Gasteiger partial charge on any atom is 0.340 e. The summed E-state index contributed by atoms with van der Waals surface area (Å²) in [6.07, 6.45) is 2.25. The van der Waals surface area contributed by atoms with Crippen LogP contribution in [0.2, 0.25) is 0 Å². The number of pyridine rings is 1. The fourth-order valence-electron chi connectivity index (χ4n) is 4.75. The van der Waals surface area contributed by atoms with Crippen LogP contribution in [0.3, 0.4) is 0 Å². The first-order valence-electron chi connectivity index (χ1n) is 10.2. The lowest BCUT2D eigenvalue weighted by Gasteiger charge is -2.24. The lowest BCUT2D eigenvalue weighted by Crippen LogP contribution is -2.33. The summed E-state index contributed by atoms with van der Waals surface area (Å²) in [5.74, 6) is -0.722. The van der Waals surface area contributed by atoms with Crippen molar-refractivity contribution in [1.82, 2.24) is 4.57 Å². The summed E-state index contributed by atoms with van der Waals surface area (Å²) in [6.45, 7) is 6.84. The van der Waals surface area contributed by atoms with E-state index in [1.807, 2.05) is 0 Å². The quantitative estimate of drug-likeness (QED) is 0.566. The Balaban J connectivity index is 1.69. The molecule has 1 aliphatic carbocycles. The number of benzene rings is 1. The van der Waals surface area contributed by atoms with Gasteiger partial charge in [-0.05, 0) is 60.3 Å². The average molecular weight is 422 g/mol. The third-order valence-corrected chi connectivity index (χ3v) is 7.03. The number of aliphatic hydroxyl groups is 1. The van der Waals surface area contributed by atoms with E-state index in [-0.39, 0.29) is 12.2 Å². The lowest BCUT2D eigenvalue weighted by molar-refractivity contribution is -0.157. The highest BCUT2D eigenvalue weighted by atomic mass is 31.0. The van der Waals surface area contributed by atoms with Crippen molar-refractivity contribution in [1.29, 1.82) is 0 Å². The summed E-state index contributed by atoms with van der Waals surface area (Å²) < 4.78 is 6.60. The van der Waals surface area contributed by atoms with Crippen molar-refractivity contribution in [3.63, 3.8) is 0 Å². The van der Waals surface area contributed by atoms with E-state index in [0.717, 1.165) is 47.1 Å². The third kappa shape index (κ3) is 2.82. The maximum absolute atomic E-state index is 12.9. The first-order valence-corrected chi connectivity index (χ1v) is 10.7. The van der Waals surface area contributed by atoms with E-state index in [9.17, 15) is 14.7 Å². The molecule has 7 heteroatoms. The zero-order chi connectivity index (χ0) is 21.2. The highest BCUT2D eigenvalue weighted by Crippen LogP contribution is 2.39. The van der Waals surface area contributed by atoms with Crippen molar-refractivity contribution >= 4 is 37.5 Å². The largest absolute Gasteiger partial charge is 0.458 e. The van der Waals surface area contributed by atoms with E-state index in [2.05, 4.69) is 28.8 Å². The zero-order valence-corrected chi connectivity index (χ0v) is 18.0. The van der Waals surface area contributed by atoms with E-state index in [0.29, 0.717) is 29.8 Å². The van der Waals surface area contributed by atoms with Crippen LogP contribution in [-0.2, 0) is 29.1 Å². The number of carbonyl (C=O) groups is 1. The molecule has 2 aromatic rings. The van der Waals surface area contributed by atoms with Crippen LogP contribution in [0.25, 0.3) is 5.57 Å². The van der Waals surface area contributed by atoms with Crippen LogP contribution < -0.4 is 10.9 Å². The topological polar surface area (TPSA) is 80.9 Å². The Labute approximate surface area is 176 Å². The normalized spacial score (nSPS) is 21.3. The Bertz CT molecular complexity index is 1220. The molecule has 0 radical (unpaired) electrons. The van der Waals surface area contributed by atoms with Crippen molar-refractivity contribution in [2.75, 3.05) is 0 Å². The number of ether oxygens (including phenoxy) is 1. The van der Waals surface area contributed by atoms with Crippen LogP contribution in [0, 0.1) is 6.92 Å². The predicted molar refractivity (Wildman–Crippen MR) is 119 cm³/mol. The zero-order valence-electron chi connectivity index (χ0n) is 16.8. The number of fused-ring (bicyclic) bond motifs is 3. The predicted octanol–water partition coefficient (Wildman–Crippen LogP) is 2.62. The highest BCUT2D eigenvalue weighted by Gasteiger charge is 2.33. The first-order chi connectivity index (χ1) is 14.4. The molecule has 154 valence electrons. The molecule has 2 unspecified atom stereocenters. The van der Waals surface area contributed by atoms with Crippen LogP contribution in [-0.4, -0.2) is 21.4 Å². The Morgan fingerprint density at radius 2 is 2.03 bits per heavy atom. The van der Waals surface area contributed by atoms with Gasteiger partial charge < -0.3 is 14.4 Å². The van der Waals surface area contributed by atoms with Crippen LogP contribution in [0.5, 0.6) is 0 Å². The number of carbonyl (C=O) groups excluding carboxylic acids is 1. The number of allylic oxidation sites excluding steroid dienone is 1. The Kier molecular flexibility index (Phi) is 4.53. The number of esters is 1. The van der Waals surface area contributed by atoms with Gasteiger partial charge in [-0.25, -0.2) is 4.79 Å². The first kappa shape index (κ1) is 19.4. The molecule has 6 nitrogen and oxygen atoms in total. The van der Waals surface area contributed by atoms with E-state index in [4.69, 9.17) is 9.73 Å². The molecule has 0 spiro atoms. The van der Waals surface area contributed by atoms with Crippen LogP contribution in [0.4, 0.5) is 5.69 Å². The fourth-order valence-corrected chi connectivity index (χ4v) is 5.09. The summed E-state index contributed by atoms with van der Waals surface area (Å²) >= 11 is 0. The molecular formula is C23H23N2O4P. The van der Waals surface area contributed by atoms with Gasteiger partial charge in [-0.2, -0.15) is 0 Å². The molecule has 30 heavy (non-hydrogen) atoms. The van der Waals surface area contributed by atoms with Gasteiger partial charge in [-0.1, -0.05) is 6.58 Å². The number of hydrogen-bond acceptors (Lipinski definition) is 5. The molecule has 1 aromatic carbocycles. The fraction of sp³-hybridized carbons (Fsp3) is 0.348. The SMILES string of the molecule is C=C1CCCc2c(C)c(P)cc(/N=C3\CCn4c3cc3c(c4=O)COC(=O)C3O)c21. The smallest absolute Gasteiger partial charge is 0.340 e. The summed E-state index contributed by atoms with van der Waals surface area (Å²) in [4.78, 5) is 29.7. The van der Waals surface area contributed by atoms with Gasteiger partial charge in [0.2, 0.25) is 0 Å². The molecule has 1 N–H and O–H groups in total. The van der Waals surface area contributed by atoms with Gasteiger partial charge in [0.15, 0.2) is 6.10 Å². The minimum absolute atomic E-state index is 0.0987. The minimum atomic E-state index is -1.43. The Morgan fingerprint density at radius 3 is 2.83 bits per heavy atom. The van der Waals surface area contributed by atoms with E-state index in [1.54, 1.807) is 10.6 Å². The molecular weight excluding hydrogens is 399 g/mol. The Hall–Kier alpha value is -2.56. The second-order valence-electron chi connectivity index (χ2n) is 8.16. The number of hydrogen-bond donors (Lipinski definition) is 1. The van der Waals surface area contributed by atoms with Gasteiger partial charge in [-0.3, -0.25) is 9.79 Å². The van der Waals surface area contributed by atoms with Gasteiger partial charge >= 0.3 is 5.97 Å². The van der Waals surface area contributed by atoms with Gasteiger partial charge in [-0.15, -0.1) is 9.24 Å². The number of nitrogens with zero attached hydrogens (tertiary/aromatic N) is 2. The summed E-state index contributed by atoms with van der Waals surface area (Å²) in [5, 5.41) is 11.4. The molecule has 0 fully saturated rings. The van der Waals surface area contributed by atoms with Crippen molar-refractivity contribution in [2.24, 2.45) is 4.99 Å². The van der Waals surface area contributed by atoms with Gasteiger partial charge in [0.05, 0.1) is 22.7 Å². The highest BCUT2D eigenvalue weighted by molar-refractivity contribution is 7.27. The van der Waals surface area contributed by atoms with Crippen LogP contribution >= 0.6 is 9.24 Å². The minimum Gasteiger partial charge on any atom is -0.458 e. The molecule has 0 saturated heterocycles. The number of rotatable bonds is 1. The van der Waals surface area contributed by atoms with Crippen molar-refractivity contribution in [3.05, 3.63) is 62.6 Å². The Morgan fingerprint density at radius 1 is 1.23 bits per heavy atom. The molecule has 1 aromatic heterocycles. The van der Waals surface area contributed by atoms with E-state index >= 15 is 0 Å². The molecule has 0 saturated carbocycles. The molecule has 5 rings (SSSR count). The van der Waals surface area contributed by atoms with Crippen LogP contribution in [0.1, 0.15) is 58.9 Å². The molecule has 0 amide bonds. The summed E-state index contributed by atoms with van der Waals surface area (Å²) in [6, 6.07) is 3.79.